The molecule has 1 aromatic carbocycles. The number of hydrogen-bond acceptors (Lipinski definition) is 3. The summed E-state index contributed by atoms with van der Waals surface area (Å²) in [5.41, 5.74) is 10.6. The molecule has 0 bridgehead atoms. The summed E-state index contributed by atoms with van der Waals surface area (Å²) in [6.07, 6.45) is 2.39. The highest BCUT2D eigenvalue weighted by Crippen LogP contribution is 2.44. The minimum absolute atomic E-state index is 0.535. The number of benzene rings is 1. The minimum atomic E-state index is 0.535. The topological polar surface area (TPSA) is 51.8 Å². The molecule has 1 aliphatic rings. The molecular weight excluding hydrogens is 302 g/mol. The lowest BCUT2D eigenvalue weighted by molar-refractivity contribution is 0.982. The van der Waals surface area contributed by atoms with Crippen molar-refractivity contribution in [1.29, 1.82) is 0 Å². The lowest BCUT2D eigenvalue weighted by Gasteiger charge is -2.11. The number of rotatable bonds is 2. The largest absolute Gasteiger partial charge is 0.383 e. The summed E-state index contributed by atoms with van der Waals surface area (Å²) in [4.78, 5) is 9.16. The highest BCUT2D eigenvalue weighted by atomic mass is 79.9. The minimum Gasteiger partial charge on any atom is -0.383 e. The molecule has 3 rings (SSSR count). The average molecular weight is 318 g/mol. The Morgan fingerprint density at radius 2 is 1.95 bits per heavy atom. The van der Waals surface area contributed by atoms with Crippen LogP contribution in [0.25, 0.3) is 11.4 Å². The Kier molecular flexibility index (Phi) is 3.05. The van der Waals surface area contributed by atoms with E-state index < -0.39 is 0 Å². The summed E-state index contributed by atoms with van der Waals surface area (Å²) in [7, 11) is 0. The van der Waals surface area contributed by atoms with E-state index in [2.05, 4.69) is 46.9 Å². The van der Waals surface area contributed by atoms with Crippen molar-refractivity contribution in [2.45, 2.75) is 32.6 Å². The first kappa shape index (κ1) is 12.6. The van der Waals surface area contributed by atoms with Crippen molar-refractivity contribution in [1.82, 2.24) is 9.97 Å². The molecule has 3 nitrogen and oxygen atoms in total. The summed E-state index contributed by atoms with van der Waals surface area (Å²) in [5, 5.41) is 0. The molecule has 0 saturated heterocycles. The van der Waals surface area contributed by atoms with Crippen molar-refractivity contribution in [2.75, 3.05) is 5.73 Å². The highest BCUT2D eigenvalue weighted by molar-refractivity contribution is 9.10. The van der Waals surface area contributed by atoms with Crippen molar-refractivity contribution in [3.63, 3.8) is 0 Å². The van der Waals surface area contributed by atoms with Gasteiger partial charge in [0.05, 0.1) is 10.2 Å². The second-order valence-corrected chi connectivity index (χ2v) is 5.95. The number of nitrogens with zero attached hydrogens (tertiary/aromatic N) is 2. The number of hydrogen-bond donors (Lipinski definition) is 1. The maximum Gasteiger partial charge on any atom is 0.162 e. The smallest absolute Gasteiger partial charge is 0.162 e. The van der Waals surface area contributed by atoms with Gasteiger partial charge in [-0.3, -0.25) is 0 Å². The molecule has 1 aromatic heterocycles. The number of aryl methyl sites for hydroxylation is 1. The predicted octanol–water partition coefficient (Wildman–Crippen LogP) is 3.98. The number of halogens is 1. The number of nitrogen functional groups attached to an aromatic ring is 1. The second-order valence-electron chi connectivity index (χ2n) is 5.15. The average Bonchev–Trinajstić information content (AvgIpc) is 3.20. The van der Waals surface area contributed by atoms with Crippen molar-refractivity contribution in [3.05, 3.63) is 39.5 Å². The molecule has 4 heteroatoms. The van der Waals surface area contributed by atoms with Gasteiger partial charge in [0.25, 0.3) is 0 Å². The maximum absolute atomic E-state index is 6.01. The van der Waals surface area contributed by atoms with E-state index in [-0.39, 0.29) is 0 Å². The van der Waals surface area contributed by atoms with Gasteiger partial charge in [0.1, 0.15) is 5.82 Å². The second kappa shape index (κ2) is 4.60. The van der Waals surface area contributed by atoms with Gasteiger partial charge in [-0.1, -0.05) is 18.2 Å². The van der Waals surface area contributed by atoms with E-state index in [4.69, 9.17) is 10.7 Å². The number of aromatic nitrogens is 2. The van der Waals surface area contributed by atoms with Crippen molar-refractivity contribution in [3.8, 4) is 11.4 Å². The summed E-state index contributed by atoms with van der Waals surface area (Å²) in [5.74, 6) is 1.82. The lowest BCUT2D eigenvalue weighted by Crippen LogP contribution is -2.03. The van der Waals surface area contributed by atoms with Gasteiger partial charge in [-0.25, -0.2) is 9.97 Å². The third-order valence-electron chi connectivity index (χ3n) is 3.71. The van der Waals surface area contributed by atoms with Crippen LogP contribution in [0.5, 0.6) is 0 Å². The molecule has 0 spiro atoms. The Morgan fingerprint density at radius 1 is 1.21 bits per heavy atom. The van der Waals surface area contributed by atoms with E-state index in [0.29, 0.717) is 11.7 Å². The van der Waals surface area contributed by atoms with Gasteiger partial charge in [0.2, 0.25) is 0 Å². The number of nitrogens with two attached hydrogens (primary N) is 1. The Labute approximate surface area is 121 Å². The monoisotopic (exact) mass is 317 g/mol. The fourth-order valence-electron chi connectivity index (χ4n) is 2.22. The molecule has 0 atom stereocenters. The van der Waals surface area contributed by atoms with Crippen LogP contribution in [0.4, 0.5) is 5.82 Å². The standard InChI is InChI=1S/C15H16BrN3/c1-8-4-3-5-11(9(8)2)15-18-13(10-6-7-10)12(16)14(17)19-15/h3-5,10H,6-7H2,1-2H3,(H2,17,18,19). The third kappa shape index (κ3) is 2.25. The van der Waals surface area contributed by atoms with Crippen LogP contribution in [0.2, 0.25) is 0 Å². The van der Waals surface area contributed by atoms with Crippen LogP contribution in [0.15, 0.2) is 22.7 Å². The summed E-state index contributed by atoms with van der Waals surface area (Å²) in [6.45, 7) is 4.20. The van der Waals surface area contributed by atoms with Gasteiger partial charge in [0.15, 0.2) is 5.82 Å². The highest BCUT2D eigenvalue weighted by Gasteiger charge is 2.29. The van der Waals surface area contributed by atoms with Gasteiger partial charge < -0.3 is 5.73 Å². The zero-order valence-electron chi connectivity index (χ0n) is 11.1. The normalized spacial score (nSPS) is 14.7. The number of anilines is 1. The molecule has 2 aromatic rings. The molecule has 0 unspecified atom stereocenters. The lowest BCUT2D eigenvalue weighted by atomic mass is 10.0. The van der Waals surface area contributed by atoms with Crippen LogP contribution in [0.3, 0.4) is 0 Å². The van der Waals surface area contributed by atoms with Gasteiger partial charge in [0, 0.05) is 11.5 Å². The van der Waals surface area contributed by atoms with Crippen molar-refractivity contribution < 1.29 is 0 Å². The van der Waals surface area contributed by atoms with E-state index in [1.54, 1.807) is 0 Å². The van der Waals surface area contributed by atoms with Crippen molar-refractivity contribution >= 4 is 21.7 Å². The Bertz CT molecular complexity index is 648. The van der Waals surface area contributed by atoms with E-state index in [0.717, 1.165) is 21.6 Å². The SMILES string of the molecule is Cc1cccc(-c2nc(N)c(Br)c(C3CC3)n2)c1C. The summed E-state index contributed by atoms with van der Waals surface area (Å²) in [6, 6.07) is 6.20. The first-order chi connectivity index (χ1) is 9.08. The van der Waals surface area contributed by atoms with Crippen LogP contribution in [-0.2, 0) is 0 Å². The summed E-state index contributed by atoms with van der Waals surface area (Å²) >= 11 is 3.51. The quantitative estimate of drug-likeness (QED) is 0.911. The maximum atomic E-state index is 6.01. The fourth-order valence-corrected chi connectivity index (χ4v) is 2.72. The Morgan fingerprint density at radius 3 is 2.63 bits per heavy atom. The zero-order chi connectivity index (χ0) is 13.6. The summed E-state index contributed by atoms with van der Waals surface area (Å²) < 4.78 is 0.865. The molecule has 98 valence electrons. The van der Waals surface area contributed by atoms with Crippen LogP contribution >= 0.6 is 15.9 Å². The predicted molar refractivity (Wildman–Crippen MR) is 81.0 cm³/mol. The molecule has 1 fully saturated rings. The molecule has 0 radical (unpaired) electrons. The molecule has 1 aliphatic carbocycles. The van der Waals surface area contributed by atoms with E-state index in [1.807, 2.05) is 6.07 Å². The molecule has 1 saturated carbocycles. The van der Waals surface area contributed by atoms with E-state index in [9.17, 15) is 0 Å². The first-order valence-electron chi connectivity index (χ1n) is 6.47. The molecule has 19 heavy (non-hydrogen) atoms. The van der Waals surface area contributed by atoms with E-state index >= 15 is 0 Å². The van der Waals surface area contributed by atoms with Gasteiger partial charge in [-0.05, 0) is 53.7 Å². The van der Waals surface area contributed by atoms with Crippen LogP contribution in [0.1, 0.15) is 35.6 Å². The molecule has 1 heterocycles. The van der Waals surface area contributed by atoms with Gasteiger partial charge >= 0.3 is 0 Å². The molecule has 0 aliphatic heterocycles. The fraction of sp³-hybridized carbons (Fsp3) is 0.333. The van der Waals surface area contributed by atoms with E-state index in [1.165, 1.54) is 24.0 Å². The first-order valence-corrected chi connectivity index (χ1v) is 7.26. The Hall–Kier alpha value is -1.42. The van der Waals surface area contributed by atoms with Crippen LogP contribution < -0.4 is 5.73 Å². The Balaban J connectivity index is 2.17. The van der Waals surface area contributed by atoms with Crippen LogP contribution in [-0.4, -0.2) is 9.97 Å². The third-order valence-corrected chi connectivity index (χ3v) is 4.52. The van der Waals surface area contributed by atoms with Crippen molar-refractivity contribution in [2.24, 2.45) is 0 Å². The molecule has 0 amide bonds. The molecular formula is C15H16BrN3. The molecule has 2 N–H and O–H groups in total. The van der Waals surface area contributed by atoms with Gasteiger partial charge in [-0.15, -0.1) is 0 Å². The zero-order valence-corrected chi connectivity index (χ0v) is 12.7. The van der Waals surface area contributed by atoms with Crippen LogP contribution in [0, 0.1) is 13.8 Å². The van der Waals surface area contributed by atoms with Gasteiger partial charge in [-0.2, -0.15) is 0 Å².